The van der Waals surface area contributed by atoms with Crippen LogP contribution < -0.4 is 15.4 Å². The Bertz CT molecular complexity index is 743. The summed E-state index contributed by atoms with van der Waals surface area (Å²) in [4.78, 5) is 24.0. The molecule has 0 aromatic heterocycles. The number of carbonyl (C=O) groups excluding carboxylic acids is 2. The Kier molecular flexibility index (Phi) is 7.02. The Balaban J connectivity index is 1.79. The molecule has 1 saturated carbocycles. The third-order valence-corrected chi connectivity index (χ3v) is 5.05. The van der Waals surface area contributed by atoms with Gasteiger partial charge in [0.1, 0.15) is 0 Å². The molecule has 144 valence electrons. The van der Waals surface area contributed by atoms with Crippen LogP contribution in [0.1, 0.15) is 50.6 Å². The molecule has 0 bridgehead atoms. The number of hydrogen-bond acceptors (Lipinski definition) is 4. The van der Waals surface area contributed by atoms with Gasteiger partial charge in [-0.2, -0.15) is 0 Å². The molecule has 1 aromatic carbocycles. The van der Waals surface area contributed by atoms with Crippen LogP contribution in [0.5, 0.6) is 0 Å². The zero-order valence-electron chi connectivity index (χ0n) is 15.2. The van der Waals surface area contributed by atoms with E-state index in [1.54, 1.807) is 18.2 Å². The molecule has 8 heteroatoms. The van der Waals surface area contributed by atoms with Crippen LogP contribution in [0.15, 0.2) is 24.3 Å². The number of benzene rings is 1. The molecule has 1 fully saturated rings. The van der Waals surface area contributed by atoms with Gasteiger partial charge in [0.15, 0.2) is 0 Å². The Hall–Kier alpha value is -2.09. The van der Waals surface area contributed by atoms with Crippen LogP contribution in [0.3, 0.4) is 0 Å². The molecule has 1 aliphatic carbocycles. The van der Waals surface area contributed by atoms with Crippen molar-refractivity contribution in [3.8, 4) is 0 Å². The SMILES string of the molecule is CC(NC(=O)CCNC(=O)C1CCCC1)c1cccc(NS(C)(=O)=O)c1. The van der Waals surface area contributed by atoms with Crippen LogP contribution in [0.2, 0.25) is 0 Å². The fourth-order valence-corrected chi connectivity index (χ4v) is 3.67. The van der Waals surface area contributed by atoms with Gasteiger partial charge < -0.3 is 10.6 Å². The molecule has 0 radical (unpaired) electrons. The fraction of sp³-hybridized carbons (Fsp3) is 0.556. The van der Waals surface area contributed by atoms with Gasteiger partial charge >= 0.3 is 0 Å². The summed E-state index contributed by atoms with van der Waals surface area (Å²) in [6.07, 6.45) is 5.38. The molecule has 2 rings (SSSR count). The van der Waals surface area contributed by atoms with Crippen LogP contribution in [-0.4, -0.2) is 33.0 Å². The topological polar surface area (TPSA) is 104 Å². The molecule has 0 aliphatic heterocycles. The number of rotatable bonds is 8. The summed E-state index contributed by atoms with van der Waals surface area (Å²) < 4.78 is 25.0. The molecule has 1 atom stereocenters. The van der Waals surface area contributed by atoms with Gasteiger partial charge in [0.25, 0.3) is 0 Å². The first-order valence-corrected chi connectivity index (χ1v) is 10.8. The van der Waals surface area contributed by atoms with E-state index in [2.05, 4.69) is 15.4 Å². The number of anilines is 1. The molecule has 1 aliphatic rings. The monoisotopic (exact) mass is 381 g/mol. The maximum Gasteiger partial charge on any atom is 0.229 e. The minimum atomic E-state index is -3.35. The molecule has 3 N–H and O–H groups in total. The number of amides is 2. The van der Waals surface area contributed by atoms with E-state index < -0.39 is 10.0 Å². The van der Waals surface area contributed by atoms with E-state index in [1.807, 2.05) is 13.0 Å². The Labute approximate surface area is 155 Å². The lowest BCUT2D eigenvalue weighted by Gasteiger charge is -2.16. The van der Waals surface area contributed by atoms with Gasteiger partial charge in [-0.15, -0.1) is 0 Å². The molecule has 26 heavy (non-hydrogen) atoms. The van der Waals surface area contributed by atoms with E-state index in [0.29, 0.717) is 12.2 Å². The van der Waals surface area contributed by atoms with E-state index in [-0.39, 0.29) is 30.2 Å². The fourth-order valence-electron chi connectivity index (χ4n) is 3.11. The quantitative estimate of drug-likeness (QED) is 0.640. The lowest BCUT2D eigenvalue weighted by molar-refractivity contribution is -0.125. The van der Waals surface area contributed by atoms with Gasteiger partial charge in [-0.3, -0.25) is 14.3 Å². The van der Waals surface area contributed by atoms with Gasteiger partial charge in [-0.1, -0.05) is 25.0 Å². The average molecular weight is 381 g/mol. The van der Waals surface area contributed by atoms with Gasteiger partial charge in [-0.05, 0) is 37.5 Å². The van der Waals surface area contributed by atoms with Crippen molar-refractivity contribution in [2.45, 2.75) is 45.1 Å². The van der Waals surface area contributed by atoms with Crippen LogP contribution >= 0.6 is 0 Å². The van der Waals surface area contributed by atoms with Crippen LogP contribution in [0.4, 0.5) is 5.69 Å². The second-order valence-corrected chi connectivity index (χ2v) is 8.56. The summed E-state index contributed by atoms with van der Waals surface area (Å²) >= 11 is 0. The van der Waals surface area contributed by atoms with Crippen molar-refractivity contribution in [1.82, 2.24) is 10.6 Å². The summed E-state index contributed by atoms with van der Waals surface area (Å²) in [6.45, 7) is 2.15. The first-order valence-electron chi connectivity index (χ1n) is 8.89. The van der Waals surface area contributed by atoms with Crippen molar-refractivity contribution in [1.29, 1.82) is 0 Å². The summed E-state index contributed by atoms with van der Waals surface area (Å²) in [5.41, 5.74) is 1.25. The maximum absolute atomic E-state index is 12.1. The molecule has 2 amide bonds. The van der Waals surface area contributed by atoms with Crippen molar-refractivity contribution in [2.24, 2.45) is 5.92 Å². The molecule has 0 spiro atoms. The van der Waals surface area contributed by atoms with Gasteiger partial charge in [-0.25, -0.2) is 8.42 Å². The zero-order valence-corrected chi connectivity index (χ0v) is 16.1. The molecule has 1 aromatic rings. The van der Waals surface area contributed by atoms with Crippen LogP contribution in [0, 0.1) is 5.92 Å². The first kappa shape index (κ1) is 20.2. The third kappa shape index (κ3) is 6.67. The second kappa shape index (κ2) is 9.02. The van der Waals surface area contributed by atoms with E-state index in [1.165, 1.54) is 0 Å². The molecule has 0 heterocycles. The van der Waals surface area contributed by atoms with E-state index in [0.717, 1.165) is 37.5 Å². The number of hydrogen-bond donors (Lipinski definition) is 3. The summed E-state index contributed by atoms with van der Waals surface area (Å²) in [7, 11) is -3.35. The van der Waals surface area contributed by atoms with E-state index in [9.17, 15) is 18.0 Å². The smallest absolute Gasteiger partial charge is 0.229 e. The normalized spacial score (nSPS) is 16.1. The van der Waals surface area contributed by atoms with Crippen molar-refractivity contribution in [2.75, 3.05) is 17.5 Å². The molecule has 1 unspecified atom stereocenters. The predicted octanol–water partition coefficient (Wildman–Crippen LogP) is 1.93. The van der Waals surface area contributed by atoms with Crippen LogP contribution in [-0.2, 0) is 19.6 Å². The molecule has 7 nitrogen and oxygen atoms in total. The van der Waals surface area contributed by atoms with Gasteiger partial charge in [0.2, 0.25) is 21.8 Å². The van der Waals surface area contributed by atoms with E-state index >= 15 is 0 Å². The van der Waals surface area contributed by atoms with Gasteiger partial charge in [0, 0.05) is 24.6 Å². The zero-order chi connectivity index (χ0) is 19.2. The molecular formula is C18H27N3O4S. The Morgan fingerprint density at radius 1 is 1.23 bits per heavy atom. The highest BCUT2D eigenvalue weighted by molar-refractivity contribution is 7.92. The summed E-state index contributed by atoms with van der Waals surface area (Å²) in [6, 6.07) is 6.62. The van der Waals surface area contributed by atoms with Crippen LogP contribution in [0.25, 0.3) is 0 Å². The highest BCUT2D eigenvalue weighted by Crippen LogP contribution is 2.24. The lowest BCUT2D eigenvalue weighted by Crippen LogP contribution is -2.34. The maximum atomic E-state index is 12.1. The average Bonchev–Trinajstić information content (AvgIpc) is 3.08. The highest BCUT2D eigenvalue weighted by atomic mass is 32.2. The van der Waals surface area contributed by atoms with Crippen molar-refractivity contribution in [3.63, 3.8) is 0 Å². The third-order valence-electron chi connectivity index (χ3n) is 4.44. The van der Waals surface area contributed by atoms with E-state index in [4.69, 9.17) is 0 Å². The summed E-state index contributed by atoms with van der Waals surface area (Å²) in [5.74, 6) is -0.0179. The summed E-state index contributed by atoms with van der Waals surface area (Å²) in [5, 5.41) is 5.69. The van der Waals surface area contributed by atoms with Gasteiger partial charge in [0.05, 0.1) is 12.3 Å². The highest BCUT2D eigenvalue weighted by Gasteiger charge is 2.22. The minimum absolute atomic E-state index is 0.0444. The number of sulfonamides is 1. The largest absolute Gasteiger partial charge is 0.355 e. The molecular weight excluding hydrogens is 354 g/mol. The number of nitrogens with one attached hydrogen (secondary N) is 3. The first-order chi connectivity index (χ1) is 12.2. The minimum Gasteiger partial charge on any atom is -0.355 e. The van der Waals surface area contributed by atoms with Crippen molar-refractivity contribution in [3.05, 3.63) is 29.8 Å². The second-order valence-electron chi connectivity index (χ2n) is 6.81. The van der Waals surface area contributed by atoms with Crippen molar-refractivity contribution >= 4 is 27.5 Å². The lowest BCUT2D eigenvalue weighted by atomic mass is 10.1. The predicted molar refractivity (Wildman–Crippen MR) is 101 cm³/mol. The standard InChI is InChI=1S/C18H27N3O4S/c1-13(15-8-5-9-16(12-15)21-26(2,24)25)20-17(22)10-11-19-18(23)14-6-3-4-7-14/h5,8-9,12-14,21H,3-4,6-7,10-11H2,1-2H3,(H,19,23)(H,20,22). The number of carbonyl (C=O) groups is 2. The van der Waals surface area contributed by atoms with Crippen molar-refractivity contribution < 1.29 is 18.0 Å². The Morgan fingerprint density at radius 3 is 2.58 bits per heavy atom. The Morgan fingerprint density at radius 2 is 1.92 bits per heavy atom. The molecule has 0 saturated heterocycles.